The second-order valence-electron chi connectivity index (χ2n) is 4.99. The van der Waals surface area contributed by atoms with Crippen molar-refractivity contribution < 1.29 is 18.9 Å². The molecule has 0 saturated carbocycles. The monoisotopic (exact) mass is 316 g/mol. The summed E-state index contributed by atoms with van der Waals surface area (Å²) >= 11 is 0. The summed E-state index contributed by atoms with van der Waals surface area (Å²) in [5, 5.41) is 8.44. The van der Waals surface area contributed by atoms with Crippen LogP contribution < -0.4 is 5.43 Å². The minimum absolute atomic E-state index is 0.0726. The van der Waals surface area contributed by atoms with E-state index in [1.807, 2.05) is 25.4 Å². The highest BCUT2D eigenvalue weighted by Gasteiger charge is 2.26. The number of aromatic nitrogens is 3. The first kappa shape index (κ1) is 18.8. The van der Waals surface area contributed by atoms with E-state index in [1.54, 1.807) is 28.4 Å². The van der Waals surface area contributed by atoms with Crippen LogP contribution in [0.1, 0.15) is 51.0 Å². The topological polar surface area (TPSA) is 79.7 Å². The van der Waals surface area contributed by atoms with E-state index < -0.39 is 0 Å². The first-order valence-electron chi connectivity index (χ1n) is 7.36. The minimum atomic E-state index is -0.385. The lowest BCUT2D eigenvalue weighted by Crippen LogP contribution is -2.41. The summed E-state index contributed by atoms with van der Waals surface area (Å²) in [4.78, 5) is 0. The van der Waals surface area contributed by atoms with E-state index in [0.29, 0.717) is 11.6 Å². The number of nitrogens with zero attached hydrogens (tertiary/aromatic N) is 3. The number of rotatable bonds is 10. The van der Waals surface area contributed by atoms with Crippen LogP contribution in [0.3, 0.4) is 0 Å². The van der Waals surface area contributed by atoms with E-state index in [-0.39, 0.29) is 24.5 Å². The second kappa shape index (κ2) is 9.04. The summed E-state index contributed by atoms with van der Waals surface area (Å²) in [6.45, 7) is 5.87. The Labute approximate surface area is 132 Å². The molecule has 0 aliphatic carbocycles. The van der Waals surface area contributed by atoms with Crippen molar-refractivity contribution in [1.82, 2.24) is 14.9 Å². The van der Waals surface area contributed by atoms with Gasteiger partial charge < -0.3 is 24.4 Å². The molecule has 0 spiro atoms. The van der Waals surface area contributed by atoms with Gasteiger partial charge in [0.25, 0.3) is 0 Å². The Balaban J connectivity index is 3.14. The van der Waals surface area contributed by atoms with Crippen molar-refractivity contribution in [3.8, 4) is 0 Å². The molecular weight excluding hydrogens is 288 g/mol. The molecule has 1 aromatic heterocycles. The molecule has 0 aliphatic heterocycles. The zero-order chi connectivity index (χ0) is 16.7. The molecule has 3 atom stereocenters. The number of ether oxygens (including phenoxy) is 4. The summed E-state index contributed by atoms with van der Waals surface area (Å²) < 4.78 is 23.2. The maximum Gasteiger partial charge on any atom is 0.180 e. The molecule has 0 bridgehead atoms. The van der Waals surface area contributed by atoms with Gasteiger partial charge in [0.15, 0.2) is 17.9 Å². The van der Waals surface area contributed by atoms with Crippen molar-refractivity contribution in [3.05, 3.63) is 11.6 Å². The van der Waals surface area contributed by atoms with E-state index in [0.717, 1.165) is 6.42 Å². The SMILES string of the molecule is CC[C@H](Nn1c(C(C)OC)nnc1C(C)OC)C(OC)OC. The first-order chi connectivity index (χ1) is 10.5. The Kier molecular flexibility index (Phi) is 7.74. The maximum atomic E-state index is 5.37. The molecule has 0 aliphatic rings. The Morgan fingerprint density at radius 3 is 1.68 bits per heavy atom. The van der Waals surface area contributed by atoms with Crippen LogP contribution >= 0.6 is 0 Å². The van der Waals surface area contributed by atoms with Gasteiger partial charge >= 0.3 is 0 Å². The first-order valence-corrected chi connectivity index (χ1v) is 7.36. The fraction of sp³-hybridized carbons (Fsp3) is 0.857. The standard InChI is InChI=1S/C14H28N4O4/c1-8-11(14(21-6)22-7)17-18-12(9(2)19-4)15-16-13(18)10(3)20-5/h9-11,14,17H,8H2,1-7H3/t9?,10?,11-/m0/s1. The number of hydrogen-bond donors (Lipinski definition) is 1. The van der Waals surface area contributed by atoms with Crippen LogP contribution in [0.25, 0.3) is 0 Å². The van der Waals surface area contributed by atoms with Gasteiger partial charge in [-0.25, -0.2) is 4.68 Å². The van der Waals surface area contributed by atoms with Crippen molar-refractivity contribution in [3.63, 3.8) is 0 Å². The van der Waals surface area contributed by atoms with E-state index in [1.165, 1.54) is 0 Å². The van der Waals surface area contributed by atoms with E-state index in [2.05, 4.69) is 15.6 Å². The lowest BCUT2D eigenvalue weighted by atomic mass is 10.2. The van der Waals surface area contributed by atoms with Crippen LogP contribution in [0, 0.1) is 0 Å². The van der Waals surface area contributed by atoms with Crippen LogP contribution in [0.5, 0.6) is 0 Å². The fourth-order valence-electron chi connectivity index (χ4n) is 2.11. The average molecular weight is 316 g/mol. The van der Waals surface area contributed by atoms with Crippen molar-refractivity contribution in [2.24, 2.45) is 0 Å². The van der Waals surface area contributed by atoms with Gasteiger partial charge in [-0.1, -0.05) is 6.92 Å². The summed E-state index contributed by atoms with van der Waals surface area (Å²) in [7, 11) is 6.49. The number of hydrogen-bond acceptors (Lipinski definition) is 7. The normalized spacial score (nSPS) is 15.8. The van der Waals surface area contributed by atoms with Crippen LogP contribution in [0.2, 0.25) is 0 Å². The second-order valence-corrected chi connectivity index (χ2v) is 4.99. The highest BCUT2D eigenvalue weighted by atomic mass is 16.7. The van der Waals surface area contributed by atoms with Gasteiger partial charge in [0.1, 0.15) is 12.2 Å². The van der Waals surface area contributed by atoms with Gasteiger partial charge in [0, 0.05) is 28.4 Å². The minimum Gasteiger partial charge on any atom is -0.374 e. The molecule has 0 radical (unpaired) electrons. The summed E-state index contributed by atoms with van der Waals surface area (Å²) in [6.07, 6.45) is -0.00641. The molecule has 1 aromatic rings. The van der Waals surface area contributed by atoms with Crippen molar-refractivity contribution >= 4 is 0 Å². The van der Waals surface area contributed by atoms with Gasteiger partial charge in [0.05, 0.1) is 6.04 Å². The van der Waals surface area contributed by atoms with Crippen LogP contribution in [-0.4, -0.2) is 55.6 Å². The Bertz CT molecular complexity index is 409. The number of methoxy groups -OCH3 is 4. The molecular formula is C14H28N4O4. The quantitative estimate of drug-likeness (QED) is 0.657. The molecule has 0 amide bonds. The fourth-order valence-corrected chi connectivity index (χ4v) is 2.11. The molecule has 1 heterocycles. The van der Waals surface area contributed by atoms with E-state index >= 15 is 0 Å². The summed E-state index contributed by atoms with van der Waals surface area (Å²) in [5.41, 5.74) is 3.36. The summed E-state index contributed by atoms with van der Waals surface area (Å²) in [5.74, 6) is 1.34. The summed E-state index contributed by atoms with van der Waals surface area (Å²) in [6, 6.07) is -0.0726. The molecule has 8 nitrogen and oxygen atoms in total. The molecule has 1 N–H and O–H groups in total. The van der Waals surface area contributed by atoms with Gasteiger partial charge in [-0.15, -0.1) is 10.2 Å². The van der Waals surface area contributed by atoms with Gasteiger partial charge in [0.2, 0.25) is 0 Å². The molecule has 0 saturated heterocycles. The molecule has 0 aromatic carbocycles. The predicted molar refractivity (Wildman–Crippen MR) is 82.1 cm³/mol. The van der Waals surface area contributed by atoms with Gasteiger partial charge in [-0.3, -0.25) is 0 Å². The maximum absolute atomic E-state index is 5.37. The Morgan fingerprint density at radius 1 is 0.909 bits per heavy atom. The molecule has 22 heavy (non-hydrogen) atoms. The smallest absolute Gasteiger partial charge is 0.180 e. The van der Waals surface area contributed by atoms with Crippen molar-refractivity contribution in [2.45, 2.75) is 51.7 Å². The van der Waals surface area contributed by atoms with Gasteiger partial charge in [-0.05, 0) is 20.3 Å². The van der Waals surface area contributed by atoms with E-state index in [4.69, 9.17) is 18.9 Å². The third-order valence-electron chi connectivity index (χ3n) is 3.68. The Hall–Kier alpha value is -1.22. The highest BCUT2D eigenvalue weighted by molar-refractivity contribution is 5.06. The van der Waals surface area contributed by atoms with Crippen LogP contribution in [-0.2, 0) is 18.9 Å². The lowest BCUT2D eigenvalue weighted by Gasteiger charge is -2.28. The third kappa shape index (κ3) is 4.16. The molecule has 8 heteroatoms. The number of nitrogens with one attached hydrogen (secondary N) is 1. The Morgan fingerprint density at radius 2 is 1.36 bits per heavy atom. The molecule has 128 valence electrons. The predicted octanol–water partition coefficient (Wildman–Crippen LogP) is 1.63. The zero-order valence-corrected chi connectivity index (χ0v) is 14.5. The molecule has 0 fully saturated rings. The van der Waals surface area contributed by atoms with E-state index in [9.17, 15) is 0 Å². The third-order valence-corrected chi connectivity index (χ3v) is 3.68. The average Bonchev–Trinajstić information content (AvgIpc) is 2.96. The van der Waals surface area contributed by atoms with Crippen molar-refractivity contribution in [2.75, 3.05) is 33.9 Å². The van der Waals surface area contributed by atoms with Gasteiger partial charge in [-0.2, -0.15) is 0 Å². The largest absolute Gasteiger partial charge is 0.374 e. The highest BCUT2D eigenvalue weighted by Crippen LogP contribution is 2.20. The van der Waals surface area contributed by atoms with Crippen LogP contribution in [0.4, 0.5) is 0 Å². The molecule has 1 rings (SSSR count). The van der Waals surface area contributed by atoms with Crippen molar-refractivity contribution in [1.29, 1.82) is 0 Å². The molecule has 2 unspecified atom stereocenters. The van der Waals surface area contributed by atoms with Crippen LogP contribution in [0.15, 0.2) is 0 Å². The zero-order valence-electron chi connectivity index (χ0n) is 14.5. The lowest BCUT2D eigenvalue weighted by molar-refractivity contribution is -0.114.